The first-order valence-corrected chi connectivity index (χ1v) is 4.32. The van der Waals surface area contributed by atoms with Gasteiger partial charge in [-0.05, 0) is 4.92 Å². The quantitative estimate of drug-likeness (QED) is 0.477. The lowest BCUT2D eigenvalue weighted by molar-refractivity contribution is -0.389. The fraction of sp³-hybridized carbons (Fsp3) is 0.375. The molecule has 0 N–H and O–H groups in total. The van der Waals surface area contributed by atoms with Crippen LogP contribution in [-0.4, -0.2) is 23.4 Å². The van der Waals surface area contributed by atoms with Crippen LogP contribution >= 0.6 is 0 Å². The molecule has 0 bridgehead atoms. The Hall–Kier alpha value is -2.13. The number of alkyl halides is 4. The van der Waals surface area contributed by atoms with Crippen LogP contribution in [0.4, 0.5) is 23.4 Å². The first-order chi connectivity index (χ1) is 8.28. The molecule has 0 aliphatic rings. The summed E-state index contributed by atoms with van der Waals surface area (Å²) in [4.78, 5) is 12.6. The number of halogens is 4. The van der Waals surface area contributed by atoms with Gasteiger partial charge in [0.25, 0.3) is 0 Å². The molecule has 0 aliphatic carbocycles. The summed E-state index contributed by atoms with van der Waals surface area (Å²) in [5, 5.41) is 10.4. The highest BCUT2D eigenvalue weighted by molar-refractivity contribution is 5.46. The van der Waals surface area contributed by atoms with E-state index in [1.165, 1.54) is 0 Å². The third-order valence-corrected chi connectivity index (χ3v) is 1.75. The maximum Gasteiger partial charge on any atom is 0.573 e. The van der Waals surface area contributed by atoms with Crippen LogP contribution < -0.4 is 9.47 Å². The van der Waals surface area contributed by atoms with E-state index < -0.39 is 41.0 Å². The van der Waals surface area contributed by atoms with Crippen molar-refractivity contribution in [1.29, 1.82) is 0 Å². The molecule has 0 saturated carbocycles. The number of rotatable bonds is 4. The molecule has 1 aromatic heterocycles. The molecule has 0 fully saturated rings. The zero-order chi connectivity index (χ0) is 13.9. The molecule has 10 heteroatoms. The van der Waals surface area contributed by atoms with Crippen molar-refractivity contribution in [2.75, 3.05) is 7.11 Å². The third-order valence-electron chi connectivity index (χ3n) is 1.75. The van der Waals surface area contributed by atoms with Crippen LogP contribution in [0.1, 0.15) is 5.56 Å². The van der Waals surface area contributed by atoms with Gasteiger partial charge in [-0.15, -0.1) is 13.2 Å². The van der Waals surface area contributed by atoms with E-state index in [1.54, 1.807) is 0 Å². The second kappa shape index (κ2) is 5.02. The summed E-state index contributed by atoms with van der Waals surface area (Å²) in [5.41, 5.74) is -0.675. The highest BCUT2D eigenvalue weighted by Gasteiger charge is 2.36. The van der Waals surface area contributed by atoms with Gasteiger partial charge in [0.15, 0.2) is 0 Å². The molecule has 18 heavy (non-hydrogen) atoms. The summed E-state index contributed by atoms with van der Waals surface area (Å²) in [6.45, 7) is -1.40. The number of aromatic nitrogens is 1. The van der Waals surface area contributed by atoms with Crippen LogP contribution in [-0.2, 0) is 6.67 Å². The maximum atomic E-state index is 12.6. The average Bonchev–Trinajstić information content (AvgIpc) is 2.26. The molecule has 0 unspecified atom stereocenters. The number of nitro groups is 1. The lowest BCUT2D eigenvalue weighted by Crippen LogP contribution is -2.19. The molecule has 1 rings (SSSR count). The lowest BCUT2D eigenvalue weighted by atomic mass is 10.2. The summed E-state index contributed by atoms with van der Waals surface area (Å²) in [7, 11) is 0.928. The van der Waals surface area contributed by atoms with Crippen molar-refractivity contribution in [2.24, 2.45) is 0 Å². The lowest BCUT2D eigenvalue weighted by Gasteiger charge is -2.12. The number of pyridine rings is 1. The van der Waals surface area contributed by atoms with Gasteiger partial charge in [-0.1, -0.05) is 0 Å². The Morgan fingerprint density at radius 1 is 1.50 bits per heavy atom. The second-order valence-corrected chi connectivity index (χ2v) is 2.92. The van der Waals surface area contributed by atoms with Crippen LogP contribution in [0.5, 0.6) is 11.6 Å². The summed E-state index contributed by atoms with van der Waals surface area (Å²) in [5.74, 6) is -2.68. The summed E-state index contributed by atoms with van der Waals surface area (Å²) in [6.07, 6.45) is -5.09. The summed E-state index contributed by atoms with van der Waals surface area (Å²) in [6, 6.07) is 0.545. The Bertz CT molecular complexity index is 438. The maximum absolute atomic E-state index is 12.6. The SMILES string of the molecule is COc1nc([N+](=O)[O-])cc(CF)c1OC(F)(F)F. The zero-order valence-electron chi connectivity index (χ0n) is 8.82. The average molecular weight is 270 g/mol. The zero-order valence-corrected chi connectivity index (χ0v) is 8.82. The molecule has 0 spiro atoms. The highest BCUT2D eigenvalue weighted by Crippen LogP contribution is 2.36. The van der Waals surface area contributed by atoms with E-state index in [-0.39, 0.29) is 0 Å². The minimum Gasteiger partial charge on any atom is -0.460 e. The largest absolute Gasteiger partial charge is 0.573 e. The van der Waals surface area contributed by atoms with Crippen molar-refractivity contribution in [1.82, 2.24) is 4.98 Å². The van der Waals surface area contributed by atoms with Crippen LogP contribution in [0.3, 0.4) is 0 Å². The fourth-order valence-electron chi connectivity index (χ4n) is 1.10. The number of hydrogen-bond donors (Lipinski definition) is 0. The minimum atomic E-state index is -5.09. The van der Waals surface area contributed by atoms with E-state index in [0.717, 1.165) is 7.11 Å². The monoisotopic (exact) mass is 270 g/mol. The number of hydrogen-bond acceptors (Lipinski definition) is 5. The predicted molar refractivity (Wildman–Crippen MR) is 48.9 cm³/mol. The van der Waals surface area contributed by atoms with Gasteiger partial charge in [-0.25, -0.2) is 4.39 Å². The van der Waals surface area contributed by atoms with Crippen LogP contribution in [0, 0.1) is 10.1 Å². The fourth-order valence-corrected chi connectivity index (χ4v) is 1.10. The Kier molecular flexibility index (Phi) is 3.89. The van der Waals surface area contributed by atoms with E-state index >= 15 is 0 Å². The number of ether oxygens (including phenoxy) is 2. The molecule has 6 nitrogen and oxygen atoms in total. The normalized spacial score (nSPS) is 11.2. The van der Waals surface area contributed by atoms with Crippen molar-refractivity contribution in [3.8, 4) is 11.6 Å². The van der Waals surface area contributed by atoms with Gasteiger partial charge < -0.3 is 19.6 Å². The van der Waals surface area contributed by atoms with Crippen molar-refractivity contribution >= 4 is 5.82 Å². The van der Waals surface area contributed by atoms with E-state index in [2.05, 4.69) is 14.5 Å². The molecule has 0 amide bonds. The van der Waals surface area contributed by atoms with Crippen molar-refractivity contribution < 1.29 is 32.0 Å². The molecule has 1 aromatic rings. The van der Waals surface area contributed by atoms with E-state index in [1.807, 2.05) is 0 Å². The van der Waals surface area contributed by atoms with Gasteiger partial charge >= 0.3 is 18.1 Å². The number of methoxy groups -OCH3 is 1. The first-order valence-electron chi connectivity index (χ1n) is 4.32. The van der Waals surface area contributed by atoms with Gasteiger partial charge in [-0.2, -0.15) is 0 Å². The molecule has 1 heterocycles. The minimum absolute atomic E-state index is 0.545. The third kappa shape index (κ3) is 3.18. The van der Waals surface area contributed by atoms with Crippen molar-refractivity contribution in [3.63, 3.8) is 0 Å². The Balaban J connectivity index is 3.34. The first kappa shape index (κ1) is 13.9. The predicted octanol–water partition coefficient (Wildman–Crippen LogP) is 2.37. The van der Waals surface area contributed by atoms with E-state index in [9.17, 15) is 27.7 Å². The Morgan fingerprint density at radius 3 is 2.50 bits per heavy atom. The van der Waals surface area contributed by atoms with Gasteiger partial charge in [0, 0.05) is 16.6 Å². The summed E-state index contributed by atoms with van der Waals surface area (Å²) >= 11 is 0. The molecular weight excluding hydrogens is 264 g/mol. The Labute approximate surface area is 97.3 Å². The number of nitrogens with zero attached hydrogens (tertiary/aromatic N) is 2. The van der Waals surface area contributed by atoms with Gasteiger partial charge in [0.2, 0.25) is 5.75 Å². The smallest absolute Gasteiger partial charge is 0.460 e. The molecular formula is C8H6F4N2O4. The second-order valence-electron chi connectivity index (χ2n) is 2.92. The van der Waals surface area contributed by atoms with Gasteiger partial charge in [0.05, 0.1) is 7.11 Å². The van der Waals surface area contributed by atoms with E-state index in [4.69, 9.17) is 0 Å². The topological polar surface area (TPSA) is 74.5 Å². The van der Waals surface area contributed by atoms with Gasteiger partial charge in [-0.3, -0.25) is 0 Å². The molecule has 100 valence electrons. The van der Waals surface area contributed by atoms with Crippen LogP contribution in [0.2, 0.25) is 0 Å². The molecule has 0 radical (unpaired) electrons. The highest BCUT2D eigenvalue weighted by atomic mass is 19.4. The van der Waals surface area contributed by atoms with Crippen molar-refractivity contribution in [2.45, 2.75) is 13.0 Å². The molecule has 0 atom stereocenters. The molecule has 0 saturated heterocycles. The molecule has 0 aliphatic heterocycles. The van der Waals surface area contributed by atoms with Crippen LogP contribution in [0.25, 0.3) is 0 Å². The Morgan fingerprint density at radius 2 is 2.11 bits per heavy atom. The van der Waals surface area contributed by atoms with Gasteiger partial charge in [0.1, 0.15) is 6.67 Å². The van der Waals surface area contributed by atoms with Crippen molar-refractivity contribution in [3.05, 3.63) is 21.7 Å². The standard InChI is InChI=1S/C8H6F4N2O4/c1-17-7-6(18-8(10,11)12)4(3-9)2-5(13-7)14(15)16/h2H,3H2,1H3. The van der Waals surface area contributed by atoms with Crippen LogP contribution in [0.15, 0.2) is 6.07 Å². The van der Waals surface area contributed by atoms with E-state index in [0.29, 0.717) is 6.07 Å². The summed E-state index contributed by atoms with van der Waals surface area (Å²) < 4.78 is 56.7. The molecule has 0 aromatic carbocycles.